The minimum absolute atomic E-state index is 0.108. The predicted molar refractivity (Wildman–Crippen MR) is 79.8 cm³/mol. The van der Waals surface area contributed by atoms with E-state index < -0.39 is 5.82 Å². The molecule has 0 unspecified atom stereocenters. The molecule has 6 heteroatoms. The van der Waals surface area contributed by atoms with Gasteiger partial charge in [0.05, 0.1) is 5.02 Å². The van der Waals surface area contributed by atoms with Crippen LogP contribution in [0.15, 0.2) is 24.3 Å². The predicted octanol–water partition coefficient (Wildman–Crippen LogP) is 4.49. The molecule has 0 amide bonds. The zero-order valence-electron chi connectivity index (χ0n) is 11.0. The fraction of sp³-hybridized carbons (Fsp3) is 0.286. The van der Waals surface area contributed by atoms with Crippen LogP contribution in [-0.2, 0) is 13.0 Å². The molecule has 2 aromatic rings. The molecule has 0 spiro atoms. The lowest BCUT2D eigenvalue weighted by atomic mass is 10.2. The summed E-state index contributed by atoms with van der Waals surface area (Å²) in [6.07, 6.45) is 1.73. The summed E-state index contributed by atoms with van der Waals surface area (Å²) in [5.74, 6) is 0.930. The third kappa shape index (κ3) is 4.05. The number of aromatic nitrogens is 2. The zero-order valence-corrected chi connectivity index (χ0v) is 12.5. The lowest BCUT2D eigenvalue weighted by molar-refractivity contribution is 0.627. The molecule has 0 fully saturated rings. The third-order valence-electron chi connectivity index (χ3n) is 2.67. The van der Waals surface area contributed by atoms with E-state index in [0.29, 0.717) is 23.3 Å². The van der Waals surface area contributed by atoms with Crippen molar-refractivity contribution in [3.05, 3.63) is 51.6 Å². The Balaban J connectivity index is 2.08. The van der Waals surface area contributed by atoms with Gasteiger partial charge in [0.25, 0.3) is 0 Å². The first-order valence-corrected chi connectivity index (χ1v) is 7.05. The Bertz CT molecular complexity index is 605. The van der Waals surface area contributed by atoms with Crippen LogP contribution >= 0.6 is 23.2 Å². The number of rotatable bonds is 5. The molecule has 1 heterocycles. The molecule has 0 radical (unpaired) electrons. The van der Waals surface area contributed by atoms with E-state index in [1.807, 2.05) is 0 Å². The van der Waals surface area contributed by atoms with Crippen molar-refractivity contribution in [1.29, 1.82) is 0 Å². The zero-order chi connectivity index (χ0) is 14.5. The number of hydrogen-bond acceptors (Lipinski definition) is 3. The van der Waals surface area contributed by atoms with Gasteiger partial charge in [0.15, 0.2) is 0 Å². The Kier molecular flexibility index (Phi) is 5.15. The minimum atomic E-state index is -0.425. The second-order valence-electron chi connectivity index (χ2n) is 4.34. The molecule has 0 atom stereocenters. The summed E-state index contributed by atoms with van der Waals surface area (Å²) in [5, 5.41) is 3.64. The normalized spacial score (nSPS) is 10.6. The summed E-state index contributed by atoms with van der Waals surface area (Å²) in [5.41, 5.74) is 0.864. The molecular formula is C14H14Cl2FN3. The van der Waals surface area contributed by atoms with E-state index in [-0.39, 0.29) is 5.02 Å². The van der Waals surface area contributed by atoms with Gasteiger partial charge in [-0.05, 0) is 24.1 Å². The molecule has 1 aromatic heterocycles. The van der Waals surface area contributed by atoms with Crippen molar-refractivity contribution in [2.75, 3.05) is 5.32 Å². The molecule has 0 bridgehead atoms. The molecule has 0 aliphatic rings. The van der Waals surface area contributed by atoms with Crippen molar-refractivity contribution >= 4 is 29.0 Å². The first-order valence-electron chi connectivity index (χ1n) is 6.29. The van der Waals surface area contributed by atoms with E-state index >= 15 is 0 Å². The molecule has 0 saturated heterocycles. The summed E-state index contributed by atoms with van der Waals surface area (Å²) in [7, 11) is 0. The molecule has 3 nitrogen and oxygen atoms in total. The van der Waals surface area contributed by atoms with Gasteiger partial charge >= 0.3 is 0 Å². The minimum Gasteiger partial charge on any atom is -0.366 e. The maximum atomic E-state index is 13.1. The lowest BCUT2D eigenvalue weighted by Crippen LogP contribution is -2.05. The van der Waals surface area contributed by atoms with Crippen molar-refractivity contribution in [3.63, 3.8) is 0 Å². The average Bonchev–Trinajstić information content (AvgIpc) is 2.40. The van der Waals surface area contributed by atoms with Crippen LogP contribution in [0.1, 0.15) is 24.7 Å². The first kappa shape index (κ1) is 15.0. The molecule has 20 heavy (non-hydrogen) atoms. The number of halogens is 3. The topological polar surface area (TPSA) is 37.8 Å². The quantitative estimate of drug-likeness (QED) is 0.827. The van der Waals surface area contributed by atoms with Crippen molar-refractivity contribution in [3.8, 4) is 0 Å². The van der Waals surface area contributed by atoms with Gasteiger partial charge in [0.2, 0.25) is 0 Å². The van der Waals surface area contributed by atoms with E-state index in [2.05, 4.69) is 22.2 Å². The van der Waals surface area contributed by atoms with Gasteiger partial charge in [-0.25, -0.2) is 14.4 Å². The van der Waals surface area contributed by atoms with Crippen LogP contribution in [0.4, 0.5) is 10.2 Å². The Morgan fingerprint density at radius 2 is 2.00 bits per heavy atom. The summed E-state index contributed by atoms with van der Waals surface area (Å²) in [4.78, 5) is 8.51. The second-order valence-corrected chi connectivity index (χ2v) is 5.14. The molecule has 2 rings (SSSR count). The number of nitrogens with zero attached hydrogens (tertiary/aromatic N) is 2. The van der Waals surface area contributed by atoms with Gasteiger partial charge in [-0.1, -0.05) is 36.2 Å². The SMILES string of the molecule is CCCc1nc(Cl)cc(NCc2ccc(F)c(Cl)c2)n1. The molecule has 0 aliphatic carbocycles. The maximum absolute atomic E-state index is 13.1. The van der Waals surface area contributed by atoms with Gasteiger partial charge < -0.3 is 5.32 Å². The molecule has 1 aromatic carbocycles. The number of benzene rings is 1. The van der Waals surface area contributed by atoms with E-state index in [4.69, 9.17) is 23.2 Å². The van der Waals surface area contributed by atoms with Crippen molar-refractivity contribution in [1.82, 2.24) is 9.97 Å². The summed E-state index contributed by atoms with van der Waals surface area (Å²) >= 11 is 11.7. The van der Waals surface area contributed by atoms with Crippen molar-refractivity contribution < 1.29 is 4.39 Å². The van der Waals surface area contributed by atoms with E-state index in [0.717, 1.165) is 18.4 Å². The first-order chi connectivity index (χ1) is 9.58. The van der Waals surface area contributed by atoms with Crippen molar-refractivity contribution in [2.24, 2.45) is 0 Å². The molecule has 0 aliphatic heterocycles. The van der Waals surface area contributed by atoms with Gasteiger partial charge in [-0.15, -0.1) is 0 Å². The Hall–Kier alpha value is -1.39. The highest BCUT2D eigenvalue weighted by molar-refractivity contribution is 6.30. The van der Waals surface area contributed by atoms with Crippen LogP contribution in [0.3, 0.4) is 0 Å². The van der Waals surface area contributed by atoms with E-state index in [1.165, 1.54) is 6.07 Å². The molecule has 1 N–H and O–H groups in total. The summed E-state index contributed by atoms with van der Waals surface area (Å²) in [6.45, 7) is 2.54. The van der Waals surface area contributed by atoms with Gasteiger partial charge in [-0.3, -0.25) is 0 Å². The standard InChI is InChI=1S/C14H14Cl2FN3/c1-2-3-13-19-12(16)7-14(20-13)18-8-9-4-5-11(17)10(15)6-9/h4-7H,2-3,8H2,1H3,(H,18,19,20). The molecule has 106 valence electrons. The number of hydrogen-bond donors (Lipinski definition) is 1. The van der Waals surface area contributed by atoms with Crippen LogP contribution in [0.2, 0.25) is 10.2 Å². The maximum Gasteiger partial charge on any atom is 0.141 e. The summed E-state index contributed by atoms with van der Waals surface area (Å²) < 4.78 is 13.1. The number of anilines is 1. The number of nitrogens with one attached hydrogen (secondary N) is 1. The average molecular weight is 314 g/mol. The fourth-order valence-electron chi connectivity index (χ4n) is 1.73. The highest BCUT2D eigenvalue weighted by Gasteiger charge is 2.04. The van der Waals surface area contributed by atoms with Crippen LogP contribution in [0.5, 0.6) is 0 Å². The Morgan fingerprint density at radius 1 is 1.20 bits per heavy atom. The smallest absolute Gasteiger partial charge is 0.141 e. The van der Waals surface area contributed by atoms with Gasteiger partial charge in [-0.2, -0.15) is 0 Å². The third-order valence-corrected chi connectivity index (χ3v) is 3.16. The van der Waals surface area contributed by atoms with Crippen LogP contribution in [0.25, 0.3) is 0 Å². The van der Waals surface area contributed by atoms with Crippen LogP contribution in [0, 0.1) is 5.82 Å². The highest BCUT2D eigenvalue weighted by atomic mass is 35.5. The van der Waals surface area contributed by atoms with Crippen molar-refractivity contribution in [2.45, 2.75) is 26.3 Å². The van der Waals surface area contributed by atoms with Gasteiger partial charge in [0.1, 0.15) is 22.6 Å². The van der Waals surface area contributed by atoms with Gasteiger partial charge in [0, 0.05) is 19.0 Å². The number of aryl methyl sites for hydroxylation is 1. The monoisotopic (exact) mass is 313 g/mol. The Morgan fingerprint density at radius 3 is 2.70 bits per heavy atom. The van der Waals surface area contributed by atoms with E-state index in [1.54, 1.807) is 18.2 Å². The molecule has 0 saturated carbocycles. The lowest BCUT2D eigenvalue weighted by Gasteiger charge is -2.08. The molecular weight excluding hydrogens is 300 g/mol. The van der Waals surface area contributed by atoms with E-state index in [9.17, 15) is 4.39 Å². The second kappa shape index (κ2) is 6.86. The largest absolute Gasteiger partial charge is 0.366 e. The van der Waals surface area contributed by atoms with Crippen LogP contribution < -0.4 is 5.32 Å². The summed E-state index contributed by atoms with van der Waals surface area (Å²) in [6, 6.07) is 6.25. The van der Waals surface area contributed by atoms with Crippen LogP contribution in [-0.4, -0.2) is 9.97 Å². The highest BCUT2D eigenvalue weighted by Crippen LogP contribution is 2.18. The Labute approximate surface area is 127 Å². The fourth-order valence-corrected chi connectivity index (χ4v) is 2.14.